The molecular weight excluding hydrogens is 274 g/mol. The van der Waals surface area contributed by atoms with Crippen molar-refractivity contribution in [2.75, 3.05) is 26.2 Å². The first-order valence-corrected chi connectivity index (χ1v) is 6.01. The van der Waals surface area contributed by atoms with Crippen molar-refractivity contribution in [3.8, 4) is 0 Å². The molecule has 1 aromatic rings. The Morgan fingerprint density at radius 2 is 1.94 bits per heavy atom. The molecule has 104 valence electrons. The Morgan fingerprint density at radius 3 is 2.50 bits per heavy atom. The molecule has 1 saturated heterocycles. The largest absolute Gasteiger partial charge is 0.314 e. The molecule has 1 aliphatic heterocycles. The molecule has 0 unspecified atom stereocenters. The molecule has 1 N–H and O–H groups in total. The summed E-state index contributed by atoms with van der Waals surface area (Å²) in [5, 5.41) is 3.34. The third-order valence-corrected chi connectivity index (χ3v) is 3.21. The quantitative estimate of drug-likeness (QED) is 0.922. The zero-order valence-electron chi connectivity index (χ0n) is 10.6. The molecule has 0 spiro atoms. The first-order valence-electron chi connectivity index (χ1n) is 6.01. The van der Waals surface area contributed by atoms with Gasteiger partial charge in [-0.15, -0.1) is 24.8 Å². The maximum atomic E-state index is 13.2. The van der Waals surface area contributed by atoms with Crippen molar-refractivity contribution in [1.29, 1.82) is 0 Å². The minimum atomic E-state index is -0.133. The fourth-order valence-electron chi connectivity index (χ4n) is 2.41. The van der Waals surface area contributed by atoms with Crippen LogP contribution in [0.2, 0.25) is 0 Å². The molecule has 1 fully saturated rings. The fourth-order valence-corrected chi connectivity index (χ4v) is 2.41. The minimum absolute atomic E-state index is 0. The zero-order valence-corrected chi connectivity index (χ0v) is 12.2. The van der Waals surface area contributed by atoms with Gasteiger partial charge in [0, 0.05) is 32.2 Å². The van der Waals surface area contributed by atoms with Crippen molar-refractivity contribution in [1.82, 2.24) is 10.2 Å². The van der Waals surface area contributed by atoms with E-state index in [-0.39, 0.29) is 30.6 Å². The normalized spacial score (nSPS) is 17.4. The van der Waals surface area contributed by atoms with Crippen LogP contribution < -0.4 is 5.32 Å². The molecule has 1 atom stereocenters. The van der Waals surface area contributed by atoms with Crippen LogP contribution in [0, 0.1) is 5.82 Å². The Kier molecular flexibility index (Phi) is 8.53. The van der Waals surface area contributed by atoms with Crippen molar-refractivity contribution < 1.29 is 4.39 Å². The van der Waals surface area contributed by atoms with Crippen LogP contribution in [0.15, 0.2) is 24.3 Å². The molecule has 0 bridgehead atoms. The van der Waals surface area contributed by atoms with Crippen molar-refractivity contribution >= 4 is 24.8 Å². The van der Waals surface area contributed by atoms with Crippen LogP contribution >= 0.6 is 24.8 Å². The number of benzene rings is 1. The van der Waals surface area contributed by atoms with Gasteiger partial charge in [0.2, 0.25) is 0 Å². The van der Waals surface area contributed by atoms with Crippen molar-refractivity contribution in [3.05, 3.63) is 35.6 Å². The van der Waals surface area contributed by atoms with E-state index in [9.17, 15) is 4.39 Å². The molecular formula is C13H21Cl2FN2. The second-order valence-electron chi connectivity index (χ2n) is 4.27. The summed E-state index contributed by atoms with van der Waals surface area (Å²) in [5.74, 6) is -0.133. The van der Waals surface area contributed by atoms with Crippen molar-refractivity contribution in [3.63, 3.8) is 0 Å². The number of nitrogens with zero attached hydrogens (tertiary/aromatic N) is 1. The summed E-state index contributed by atoms with van der Waals surface area (Å²) in [6.07, 6.45) is 1.03. The van der Waals surface area contributed by atoms with E-state index in [0.29, 0.717) is 6.04 Å². The smallest absolute Gasteiger partial charge is 0.123 e. The van der Waals surface area contributed by atoms with Gasteiger partial charge in [0.05, 0.1) is 0 Å². The number of rotatable bonds is 3. The van der Waals surface area contributed by atoms with Gasteiger partial charge in [-0.3, -0.25) is 4.90 Å². The molecule has 1 heterocycles. The Bertz CT molecular complexity index is 344. The molecule has 2 nitrogen and oxygen atoms in total. The lowest BCUT2D eigenvalue weighted by molar-refractivity contribution is 0.169. The van der Waals surface area contributed by atoms with Crippen LogP contribution in [-0.4, -0.2) is 31.1 Å². The van der Waals surface area contributed by atoms with Gasteiger partial charge in [-0.05, 0) is 24.1 Å². The number of piperazine rings is 1. The van der Waals surface area contributed by atoms with Crippen LogP contribution in [0.3, 0.4) is 0 Å². The topological polar surface area (TPSA) is 15.3 Å². The molecule has 0 radical (unpaired) electrons. The van der Waals surface area contributed by atoms with E-state index in [4.69, 9.17) is 0 Å². The number of halogens is 3. The van der Waals surface area contributed by atoms with E-state index in [2.05, 4.69) is 17.1 Å². The van der Waals surface area contributed by atoms with Gasteiger partial charge >= 0.3 is 0 Å². The Hall–Kier alpha value is -0.350. The van der Waals surface area contributed by atoms with Gasteiger partial charge in [0.15, 0.2) is 0 Å². The number of hydrogen-bond donors (Lipinski definition) is 1. The van der Waals surface area contributed by atoms with Gasteiger partial charge < -0.3 is 5.32 Å². The highest BCUT2D eigenvalue weighted by atomic mass is 35.5. The number of hydrogen-bond acceptors (Lipinski definition) is 2. The van der Waals surface area contributed by atoms with E-state index >= 15 is 0 Å². The highest BCUT2D eigenvalue weighted by molar-refractivity contribution is 5.85. The first-order chi connectivity index (χ1) is 7.81. The molecule has 2 rings (SSSR count). The van der Waals surface area contributed by atoms with Crippen LogP contribution in [0.5, 0.6) is 0 Å². The lowest BCUT2D eigenvalue weighted by Gasteiger charge is -2.34. The summed E-state index contributed by atoms with van der Waals surface area (Å²) in [6.45, 7) is 6.33. The second kappa shape index (κ2) is 8.70. The average molecular weight is 295 g/mol. The molecule has 0 aliphatic carbocycles. The standard InChI is InChI=1S/C13H19FN2.2ClH/c1-2-13(16-8-6-15-7-9-16)11-4-3-5-12(14)10-11;;/h3-5,10,13,15H,2,6-9H2,1H3;2*1H/t13-;;/m1../s1. The van der Waals surface area contributed by atoms with Crippen LogP contribution in [0.1, 0.15) is 24.9 Å². The lowest BCUT2D eigenvalue weighted by Crippen LogP contribution is -2.45. The van der Waals surface area contributed by atoms with Crippen molar-refractivity contribution in [2.24, 2.45) is 0 Å². The Balaban J connectivity index is 0.00000144. The SMILES string of the molecule is CC[C@H](c1cccc(F)c1)N1CCNCC1.Cl.Cl. The van der Waals surface area contributed by atoms with E-state index < -0.39 is 0 Å². The van der Waals surface area contributed by atoms with Crippen molar-refractivity contribution in [2.45, 2.75) is 19.4 Å². The van der Waals surface area contributed by atoms with Gasteiger partial charge in [-0.25, -0.2) is 4.39 Å². The summed E-state index contributed by atoms with van der Waals surface area (Å²) < 4.78 is 13.2. The second-order valence-corrected chi connectivity index (χ2v) is 4.27. The first kappa shape index (κ1) is 17.6. The minimum Gasteiger partial charge on any atom is -0.314 e. The van der Waals surface area contributed by atoms with Gasteiger partial charge in [0.1, 0.15) is 5.82 Å². The highest BCUT2D eigenvalue weighted by Gasteiger charge is 2.20. The fraction of sp³-hybridized carbons (Fsp3) is 0.538. The summed E-state index contributed by atoms with van der Waals surface area (Å²) in [6, 6.07) is 7.36. The van der Waals surface area contributed by atoms with Crippen LogP contribution in [0.4, 0.5) is 4.39 Å². The number of nitrogens with one attached hydrogen (secondary N) is 1. The summed E-state index contributed by atoms with van der Waals surface area (Å²) in [7, 11) is 0. The summed E-state index contributed by atoms with van der Waals surface area (Å²) in [4.78, 5) is 2.44. The molecule has 0 aromatic heterocycles. The predicted molar refractivity (Wildman–Crippen MR) is 78.4 cm³/mol. The van der Waals surface area contributed by atoms with E-state index in [1.165, 1.54) is 6.07 Å². The van der Waals surface area contributed by atoms with Gasteiger partial charge in [-0.1, -0.05) is 19.1 Å². The Morgan fingerprint density at radius 1 is 1.28 bits per heavy atom. The van der Waals surface area contributed by atoms with Crippen LogP contribution in [-0.2, 0) is 0 Å². The summed E-state index contributed by atoms with van der Waals surface area (Å²) >= 11 is 0. The predicted octanol–water partition coefficient (Wildman–Crippen LogP) is 3.03. The molecule has 18 heavy (non-hydrogen) atoms. The molecule has 1 aliphatic rings. The monoisotopic (exact) mass is 294 g/mol. The maximum Gasteiger partial charge on any atom is 0.123 e. The summed E-state index contributed by atoms with van der Waals surface area (Å²) in [5.41, 5.74) is 1.10. The lowest BCUT2D eigenvalue weighted by atomic mass is 10.0. The van der Waals surface area contributed by atoms with E-state index in [0.717, 1.165) is 38.2 Å². The maximum absolute atomic E-state index is 13.2. The third kappa shape index (κ3) is 4.39. The van der Waals surface area contributed by atoms with Gasteiger partial charge in [-0.2, -0.15) is 0 Å². The third-order valence-electron chi connectivity index (χ3n) is 3.21. The van der Waals surface area contributed by atoms with Gasteiger partial charge in [0.25, 0.3) is 0 Å². The van der Waals surface area contributed by atoms with E-state index in [1.54, 1.807) is 12.1 Å². The zero-order chi connectivity index (χ0) is 11.4. The molecule has 0 saturated carbocycles. The molecule has 0 amide bonds. The van der Waals surface area contributed by atoms with Crippen LogP contribution in [0.25, 0.3) is 0 Å². The average Bonchev–Trinajstić information content (AvgIpc) is 2.31. The van der Waals surface area contributed by atoms with E-state index in [1.807, 2.05) is 6.07 Å². The molecule has 1 aromatic carbocycles. The Labute approximate surface area is 121 Å². The molecule has 5 heteroatoms. The highest BCUT2D eigenvalue weighted by Crippen LogP contribution is 2.24.